The molecule has 2 aromatic carbocycles. The van der Waals surface area contributed by atoms with Crippen LogP contribution in [-0.4, -0.2) is 35.3 Å². The van der Waals surface area contributed by atoms with Gasteiger partial charge < -0.3 is 15.2 Å². The zero-order valence-electron chi connectivity index (χ0n) is 14.2. The number of aliphatic hydroxyl groups is 1. The first-order valence-electron chi connectivity index (χ1n) is 7.86. The summed E-state index contributed by atoms with van der Waals surface area (Å²) in [5.41, 5.74) is 1.38. The van der Waals surface area contributed by atoms with Gasteiger partial charge in [0.05, 0.1) is 6.10 Å². The molecule has 0 aliphatic heterocycles. The third-order valence-corrected chi connectivity index (χ3v) is 4.48. The molecule has 0 fully saturated rings. The second kappa shape index (κ2) is 9.25. The van der Waals surface area contributed by atoms with E-state index in [9.17, 15) is 14.7 Å². The predicted molar refractivity (Wildman–Crippen MR) is 99.4 cm³/mol. The lowest BCUT2D eigenvalue weighted by Gasteiger charge is -2.12. The van der Waals surface area contributed by atoms with Gasteiger partial charge in [-0.15, -0.1) is 11.8 Å². The van der Waals surface area contributed by atoms with E-state index in [2.05, 4.69) is 5.32 Å². The summed E-state index contributed by atoms with van der Waals surface area (Å²) in [4.78, 5) is 23.2. The van der Waals surface area contributed by atoms with E-state index < -0.39 is 6.10 Å². The van der Waals surface area contributed by atoms with Crippen LogP contribution in [0.5, 0.6) is 5.75 Å². The molecule has 5 nitrogen and oxygen atoms in total. The number of nitrogens with one attached hydrogen (secondary N) is 1. The Hall–Kier alpha value is -2.31. The van der Waals surface area contributed by atoms with Crippen LogP contribution in [-0.2, 0) is 4.79 Å². The highest BCUT2D eigenvalue weighted by molar-refractivity contribution is 7.99. The van der Waals surface area contributed by atoms with Gasteiger partial charge in [0.25, 0.3) is 0 Å². The molecular formula is C19H21NO4S. The minimum absolute atomic E-state index is 0.00695. The second-order valence-corrected chi connectivity index (χ2v) is 6.66. The number of amides is 1. The highest BCUT2D eigenvalue weighted by Crippen LogP contribution is 2.21. The highest BCUT2D eigenvalue weighted by Gasteiger charge is 2.07. The smallest absolute Gasteiger partial charge is 0.221 e. The lowest BCUT2D eigenvalue weighted by molar-refractivity contribution is -0.114. The van der Waals surface area contributed by atoms with E-state index in [4.69, 9.17) is 4.74 Å². The number of Topliss-reactive ketones (excluding diaryl/α,β-unsaturated/α-hetero) is 1. The summed E-state index contributed by atoms with van der Waals surface area (Å²) in [6.45, 7) is 3.16. The minimum Gasteiger partial charge on any atom is -0.491 e. The molecule has 0 heterocycles. The third kappa shape index (κ3) is 6.60. The fourth-order valence-electron chi connectivity index (χ4n) is 2.06. The van der Waals surface area contributed by atoms with Gasteiger partial charge in [-0.05, 0) is 55.5 Å². The molecule has 0 aliphatic carbocycles. The van der Waals surface area contributed by atoms with Crippen molar-refractivity contribution in [2.75, 3.05) is 17.7 Å². The molecule has 1 atom stereocenters. The van der Waals surface area contributed by atoms with E-state index in [1.165, 1.54) is 25.6 Å². The van der Waals surface area contributed by atoms with E-state index in [0.29, 0.717) is 17.1 Å². The Morgan fingerprint density at radius 3 is 2.28 bits per heavy atom. The van der Waals surface area contributed by atoms with Gasteiger partial charge in [-0.3, -0.25) is 9.59 Å². The van der Waals surface area contributed by atoms with Gasteiger partial charge in [-0.2, -0.15) is 0 Å². The Bertz CT molecular complexity index is 713. The van der Waals surface area contributed by atoms with Crippen LogP contribution < -0.4 is 10.1 Å². The molecule has 0 radical (unpaired) electrons. The normalized spacial score (nSPS) is 11.6. The van der Waals surface area contributed by atoms with E-state index >= 15 is 0 Å². The van der Waals surface area contributed by atoms with Gasteiger partial charge in [-0.1, -0.05) is 0 Å². The standard InChI is InChI=1S/C19H21NO4S/c1-13(21)15-3-7-18(8-4-15)24-11-17(23)12-25-19-9-5-16(6-10-19)20-14(2)22/h3-10,17,23H,11-12H2,1-2H3,(H,20,22)/t17-/m0/s1. The molecule has 2 aromatic rings. The number of benzene rings is 2. The summed E-state index contributed by atoms with van der Waals surface area (Å²) in [7, 11) is 0. The fourth-order valence-corrected chi connectivity index (χ4v) is 2.87. The van der Waals surface area contributed by atoms with Crippen molar-refractivity contribution in [3.8, 4) is 5.75 Å². The zero-order valence-corrected chi connectivity index (χ0v) is 15.0. The SMILES string of the molecule is CC(=O)Nc1ccc(SC[C@@H](O)COc2ccc(C(C)=O)cc2)cc1. The number of ether oxygens (including phenoxy) is 1. The molecule has 0 aliphatic rings. The van der Waals surface area contributed by atoms with Crippen molar-refractivity contribution in [2.24, 2.45) is 0 Å². The van der Waals surface area contributed by atoms with Crippen LogP contribution in [0.1, 0.15) is 24.2 Å². The topological polar surface area (TPSA) is 75.6 Å². The van der Waals surface area contributed by atoms with Gasteiger partial charge >= 0.3 is 0 Å². The quantitative estimate of drug-likeness (QED) is 0.558. The summed E-state index contributed by atoms with van der Waals surface area (Å²) < 4.78 is 5.53. The molecule has 25 heavy (non-hydrogen) atoms. The second-order valence-electron chi connectivity index (χ2n) is 5.56. The van der Waals surface area contributed by atoms with E-state index in [1.807, 2.05) is 24.3 Å². The largest absolute Gasteiger partial charge is 0.491 e. The number of hydrogen-bond donors (Lipinski definition) is 2. The van der Waals surface area contributed by atoms with Crippen molar-refractivity contribution < 1.29 is 19.4 Å². The van der Waals surface area contributed by atoms with Gasteiger partial charge in [0, 0.05) is 28.8 Å². The first-order chi connectivity index (χ1) is 11.9. The molecule has 6 heteroatoms. The molecule has 0 saturated carbocycles. The highest BCUT2D eigenvalue weighted by atomic mass is 32.2. The molecule has 0 saturated heterocycles. The Labute approximate surface area is 151 Å². The van der Waals surface area contributed by atoms with E-state index in [0.717, 1.165) is 10.6 Å². The van der Waals surface area contributed by atoms with Crippen molar-refractivity contribution >= 4 is 29.1 Å². The first kappa shape index (κ1) is 19.0. The zero-order chi connectivity index (χ0) is 18.2. The Balaban J connectivity index is 1.75. The van der Waals surface area contributed by atoms with E-state index in [-0.39, 0.29) is 18.3 Å². The van der Waals surface area contributed by atoms with Crippen molar-refractivity contribution in [3.05, 3.63) is 54.1 Å². The molecule has 2 rings (SSSR count). The Morgan fingerprint density at radius 2 is 1.72 bits per heavy atom. The molecule has 0 unspecified atom stereocenters. The van der Waals surface area contributed by atoms with Crippen LogP contribution in [0.2, 0.25) is 0 Å². The number of hydrogen-bond acceptors (Lipinski definition) is 5. The van der Waals surface area contributed by atoms with Gasteiger partial charge in [0.1, 0.15) is 12.4 Å². The monoisotopic (exact) mass is 359 g/mol. The summed E-state index contributed by atoms with van der Waals surface area (Å²) in [6.07, 6.45) is -0.618. The van der Waals surface area contributed by atoms with Gasteiger partial charge in [0.2, 0.25) is 5.91 Å². The molecule has 132 valence electrons. The van der Waals surface area contributed by atoms with E-state index in [1.54, 1.807) is 24.3 Å². The first-order valence-corrected chi connectivity index (χ1v) is 8.85. The maximum absolute atomic E-state index is 11.2. The Kier molecular flexibility index (Phi) is 7.03. The molecule has 0 aromatic heterocycles. The number of carbonyl (C=O) groups excluding carboxylic acids is 2. The van der Waals surface area contributed by atoms with Crippen LogP contribution >= 0.6 is 11.8 Å². The summed E-state index contributed by atoms with van der Waals surface area (Å²) in [5, 5.41) is 12.7. The molecular weight excluding hydrogens is 338 g/mol. The van der Waals surface area contributed by atoms with Crippen LogP contribution in [0.15, 0.2) is 53.4 Å². The summed E-state index contributed by atoms with van der Waals surface area (Å²) in [6, 6.07) is 14.3. The van der Waals surface area contributed by atoms with Crippen molar-refractivity contribution in [3.63, 3.8) is 0 Å². The number of anilines is 1. The van der Waals surface area contributed by atoms with Crippen molar-refractivity contribution in [2.45, 2.75) is 24.8 Å². The molecule has 2 N–H and O–H groups in total. The molecule has 1 amide bonds. The number of aliphatic hydroxyl groups excluding tert-OH is 1. The van der Waals surface area contributed by atoms with Gasteiger partial charge in [-0.25, -0.2) is 0 Å². The average molecular weight is 359 g/mol. The summed E-state index contributed by atoms with van der Waals surface area (Å²) >= 11 is 1.51. The molecule has 0 bridgehead atoms. The maximum atomic E-state index is 11.2. The fraction of sp³-hybridized carbons (Fsp3) is 0.263. The lowest BCUT2D eigenvalue weighted by atomic mass is 10.1. The molecule has 0 spiro atoms. The Morgan fingerprint density at radius 1 is 1.08 bits per heavy atom. The van der Waals surface area contributed by atoms with Crippen LogP contribution in [0.3, 0.4) is 0 Å². The predicted octanol–water partition coefficient (Wildman–Crippen LogP) is 3.38. The van der Waals surface area contributed by atoms with Crippen LogP contribution in [0.4, 0.5) is 5.69 Å². The third-order valence-electron chi connectivity index (χ3n) is 3.32. The number of thioether (sulfide) groups is 1. The van der Waals surface area contributed by atoms with Crippen LogP contribution in [0, 0.1) is 0 Å². The average Bonchev–Trinajstić information content (AvgIpc) is 2.59. The summed E-state index contributed by atoms with van der Waals surface area (Å²) in [5.74, 6) is 1.01. The van der Waals surface area contributed by atoms with Crippen molar-refractivity contribution in [1.82, 2.24) is 0 Å². The number of rotatable bonds is 8. The van der Waals surface area contributed by atoms with Crippen LogP contribution in [0.25, 0.3) is 0 Å². The lowest BCUT2D eigenvalue weighted by Crippen LogP contribution is -2.20. The number of carbonyl (C=O) groups is 2. The maximum Gasteiger partial charge on any atom is 0.221 e. The van der Waals surface area contributed by atoms with Gasteiger partial charge in [0.15, 0.2) is 5.78 Å². The number of ketones is 1. The minimum atomic E-state index is -0.618. The van der Waals surface area contributed by atoms with Crippen molar-refractivity contribution in [1.29, 1.82) is 0 Å².